The van der Waals surface area contributed by atoms with Crippen LogP contribution >= 0.6 is 7.26 Å². The summed E-state index contributed by atoms with van der Waals surface area (Å²) in [6, 6.07) is 19.2. The SMILES string of the molecule is C[P+](C)(C)C/C=C(\B(c1ccc(F)cc1)c1ccc(F)cc1)c1ccc(F)cc1. The van der Waals surface area contributed by atoms with E-state index in [0.717, 1.165) is 28.1 Å². The fourth-order valence-electron chi connectivity index (χ4n) is 3.28. The quantitative estimate of drug-likeness (QED) is 0.384. The molecule has 0 saturated carbocycles. The van der Waals surface area contributed by atoms with Crippen LogP contribution in [0.1, 0.15) is 5.56 Å². The summed E-state index contributed by atoms with van der Waals surface area (Å²) in [4.78, 5) is 0. The maximum absolute atomic E-state index is 13.6. The summed E-state index contributed by atoms with van der Waals surface area (Å²) in [5.74, 6) is -0.907. The highest BCUT2D eigenvalue weighted by atomic mass is 31.2. The monoisotopic (exact) mass is 411 g/mol. The van der Waals surface area contributed by atoms with E-state index in [-0.39, 0.29) is 24.2 Å². The summed E-state index contributed by atoms with van der Waals surface area (Å²) in [6.07, 6.45) is 3.12. The summed E-state index contributed by atoms with van der Waals surface area (Å²) in [5.41, 5.74) is 3.72. The Balaban J connectivity index is 2.19. The van der Waals surface area contributed by atoms with Crippen LogP contribution in [-0.4, -0.2) is 32.9 Å². The molecule has 3 aromatic carbocycles. The van der Waals surface area contributed by atoms with E-state index < -0.39 is 7.26 Å². The van der Waals surface area contributed by atoms with Gasteiger partial charge in [-0.1, -0.05) is 58.9 Å². The van der Waals surface area contributed by atoms with E-state index in [4.69, 9.17) is 0 Å². The summed E-state index contributed by atoms with van der Waals surface area (Å²) in [5, 5.41) is 0. The van der Waals surface area contributed by atoms with Crippen LogP contribution in [0.3, 0.4) is 0 Å². The van der Waals surface area contributed by atoms with E-state index in [1.54, 1.807) is 36.4 Å². The van der Waals surface area contributed by atoms with Gasteiger partial charge in [0.15, 0.2) is 0 Å². The van der Waals surface area contributed by atoms with Gasteiger partial charge in [-0.15, -0.1) is 0 Å². The largest absolute Gasteiger partial charge is 0.241 e. The molecule has 0 bridgehead atoms. The number of halogens is 3. The molecular formula is C24H24BF3P+. The molecule has 0 radical (unpaired) electrons. The molecule has 0 fully saturated rings. The van der Waals surface area contributed by atoms with Crippen LogP contribution in [0.5, 0.6) is 0 Å². The van der Waals surface area contributed by atoms with Crippen molar-refractivity contribution in [1.82, 2.24) is 0 Å². The molecule has 3 rings (SSSR count). The van der Waals surface area contributed by atoms with Gasteiger partial charge in [-0.25, -0.2) is 13.2 Å². The third-order valence-corrected chi connectivity index (χ3v) is 6.03. The molecule has 0 atom stereocenters. The first-order valence-corrected chi connectivity index (χ1v) is 12.8. The number of hydrogen-bond donors (Lipinski definition) is 0. The molecule has 0 aliphatic rings. The van der Waals surface area contributed by atoms with Crippen molar-refractivity contribution in [2.24, 2.45) is 0 Å². The van der Waals surface area contributed by atoms with Crippen molar-refractivity contribution < 1.29 is 13.2 Å². The summed E-state index contributed by atoms with van der Waals surface area (Å²) in [7, 11) is -1.11. The predicted octanol–water partition coefficient (Wildman–Crippen LogP) is 5.24. The second-order valence-corrected chi connectivity index (χ2v) is 13.1. The molecule has 0 nitrogen and oxygen atoms in total. The molecule has 0 heterocycles. The van der Waals surface area contributed by atoms with Gasteiger partial charge in [-0.05, 0) is 42.0 Å². The maximum atomic E-state index is 13.6. The van der Waals surface area contributed by atoms with E-state index in [1.165, 1.54) is 36.4 Å². The zero-order valence-corrected chi connectivity index (χ0v) is 17.8. The Morgan fingerprint density at radius 2 is 1.07 bits per heavy atom. The van der Waals surface area contributed by atoms with Crippen molar-refractivity contribution in [1.29, 1.82) is 0 Å². The molecule has 0 spiro atoms. The van der Waals surface area contributed by atoms with Gasteiger partial charge in [0, 0.05) is 27.3 Å². The van der Waals surface area contributed by atoms with Crippen molar-refractivity contribution in [3.8, 4) is 0 Å². The molecule has 29 heavy (non-hydrogen) atoms. The van der Waals surface area contributed by atoms with Gasteiger partial charge >= 0.3 is 0 Å². The molecule has 0 N–H and O–H groups in total. The zero-order valence-electron chi connectivity index (χ0n) is 16.9. The number of allylic oxidation sites excluding steroid dienone is 1. The number of rotatable bonds is 6. The molecule has 0 aliphatic carbocycles. The first-order chi connectivity index (χ1) is 13.7. The first kappa shape index (κ1) is 21.4. The highest BCUT2D eigenvalue weighted by Crippen LogP contribution is 2.46. The first-order valence-electron chi connectivity index (χ1n) is 9.50. The second kappa shape index (κ2) is 9.01. The summed E-state index contributed by atoms with van der Waals surface area (Å²) in [6.45, 7) is 6.57. The number of hydrogen-bond acceptors (Lipinski definition) is 0. The minimum Gasteiger partial charge on any atom is -0.207 e. The minimum absolute atomic E-state index is 0.215. The van der Waals surface area contributed by atoms with Gasteiger partial charge in [0.1, 0.15) is 17.5 Å². The molecule has 5 heteroatoms. The van der Waals surface area contributed by atoms with Crippen LogP contribution in [0, 0.1) is 17.5 Å². The smallest absolute Gasteiger partial charge is 0.207 e. The van der Waals surface area contributed by atoms with E-state index in [2.05, 4.69) is 26.1 Å². The van der Waals surface area contributed by atoms with Crippen LogP contribution in [0.4, 0.5) is 13.2 Å². The summed E-state index contributed by atoms with van der Waals surface area (Å²) >= 11 is 0. The topological polar surface area (TPSA) is 0 Å². The van der Waals surface area contributed by atoms with E-state index in [9.17, 15) is 13.2 Å². The average Bonchev–Trinajstić information content (AvgIpc) is 2.67. The molecule has 0 saturated heterocycles. The van der Waals surface area contributed by atoms with Crippen LogP contribution < -0.4 is 10.9 Å². The Bertz CT molecular complexity index is 927. The standard InChI is InChI=1S/C24H24BF3P/c1-29(2,3)17-16-24(18-4-10-21(26)11-5-18)25(19-6-12-22(27)13-7-19)20-8-14-23(28)15-9-20/h4-16H,17H2,1-3H3/q+1/b24-16-. The molecular weight excluding hydrogens is 387 g/mol. The Morgan fingerprint density at radius 3 is 1.45 bits per heavy atom. The molecule has 0 unspecified atom stereocenters. The Kier molecular flexibility index (Phi) is 6.65. The second-order valence-electron chi connectivity index (χ2n) is 8.18. The predicted molar refractivity (Wildman–Crippen MR) is 122 cm³/mol. The van der Waals surface area contributed by atoms with Crippen molar-refractivity contribution in [3.05, 3.63) is 102 Å². The highest BCUT2D eigenvalue weighted by Gasteiger charge is 2.27. The fourth-order valence-corrected chi connectivity index (χ4v) is 4.02. The van der Waals surface area contributed by atoms with Crippen LogP contribution in [-0.2, 0) is 0 Å². The van der Waals surface area contributed by atoms with Gasteiger partial charge in [0.25, 0.3) is 0 Å². The minimum atomic E-state index is -1.11. The van der Waals surface area contributed by atoms with Gasteiger partial charge in [-0.2, -0.15) is 0 Å². The third kappa shape index (κ3) is 5.84. The Morgan fingerprint density at radius 1 is 0.690 bits per heavy atom. The summed E-state index contributed by atoms with van der Waals surface area (Å²) < 4.78 is 40.7. The van der Waals surface area contributed by atoms with Crippen molar-refractivity contribution in [2.45, 2.75) is 0 Å². The molecule has 0 aliphatic heterocycles. The molecule has 3 aromatic rings. The van der Waals surface area contributed by atoms with Crippen LogP contribution in [0.15, 0.2) is 78.9 Å². The van der Waals surface area contributed by atoms with Crippen LogP contribution in [0.25, 0.3) is 5.47 Å². The third-order valence-electron chi connectivity index (χ3n) is 4.75. The van der Waals surface area contributed by atoms with Gasteiger partial charge in [0.05, 0.1) is 6.16 Å². The van der Waals surface area contributed by atoms with Gasteiger partial charge < -0.3 is 0 Å². The lowest BCUT2D eigenvalue weighted by Gasteiger charge is -2.21. The molecule has 0 aromatic heterocycles. The fraction of sp³-hybridized carbons (Fsp3) is 0.167. The maximum Gasteiger partial charge on any atom is 0.241 e. The van der Waals surface area contributed by atoms with Crippen LogP contribution in [0.2, 0.25) is 0 Å². The van der Waals surface area contributed by atoms with Gasteiger partial charge in [-0.3, -0.25) is 0 Å². The van der Waals surface area contributed by atoms with Crippen molar-refractivity contribution in [2.75, 3.05) is 26.2 Å². The highest BCUT2D eigenvalue weighted by molar-refractivity contribution is 7.73. The lowest BCUT2D eigenvalue weighted by molar-refractivity contribution is 0.627. The normalized spacial score (nSPS) is 12.1. The van der Waals surface area contributed by atoms with E-state index in [1.807, 2.05) is 0 Å². The Labute approximate surface area is 171 Å². The molecule has 0 amide bonds. The lowest BCUT2D eigenvalue weighted by Crippen LogP contribution is -2.43. The average molecular weight is 411 g/mol. The van der Waals surface area contributed by atoms with E-state index >= 15 is 0 Å². The zero-order chi connectivity index (χ0) is 21.0. The lowest BCUT2D eigenvalue weighted by atomic mass is 9.35. The number of benzene rings is 3. The molecule has 148 valence electrons. The Hall–Kier alpha value is -2.32. The van der Waals surface area contributed by atoms with Crippen molar-refractivity contribution in [3.63, 3.8) is 0 Å². The van der Waals surface area contributed by atoms with Gasteiger partial charge in [0.2, 0.25) is 6.71 Å². The van der Waals surface area contributed by atoms with E-state index in [0.29, 0.717) is 0 Å². The van der Waals surface area contributed by atoms with Crippen molar-refractivity contribution >= 4 is 30.4 Å².